The van der Waals surface area contributed by atoms with Crippen LogP contribution in [0.15, 0.2) is 0 Å². The quantitative estimate of drug-likeness (QED) is 0.652. The van der Waals surface area contributed by atoms with Gasteiger partial charge in [0.1, 0.15) is 0 Å². The number of ether oxygens (including phenoxy) is 1. The lowest BCUT2D eigenvalue weighted by Gasteiger charge is -2.24. The first-order valence-electron chi connectivity index (χ1n) is 6.64. The normalized spacial score (nSPS) is 18.8. The number of carbonyl (C=O) groups excluding carboxylic acids is 1. The summed E-state index contributed by atoms with van der Waals surface area (Å²) in [6, 6.07) is -0.381. The minimum absolute atomic E-state index is 0.0226. The van der Waals surface area contributed by atoms with Crippen molar-refractivity contribution in [3.63, 3.8) is 0 Å². The van der Waals surface area contributed by atoms with Crippen molar-refractivity contribution in [1.82, 2.24) is 4.90 Å². The highest BCUT2D eigenvalue weighted by molar-refractivity contribution is 5.81. The monoisotopic (exact) mass is 242 g/mol. The molecule has 0 aromatic rings. The van der Waals surface area contributed by atoms with Gasteiger partial charge in [0.2, 0.25) is 5.91 Å². The summed E-state index contributed by atoms with van der Waals surface area (Å²) in [6.45, 7) is 6.16. The number of amides is 1. The second-order valence-corrected chi connectivity index (χ2v) is 5.19. The Morgan fingerprint density at radius 3 is 2.71 bits per heavy atom. The summed E-state index contributed by atoms with van der Waals surface area (Å²) < 4.78 is 5.51. The molecule has 100 valence electrons. The molecule has 0 aromatic heterocycles. The lowest BCUT2D eigenvalue weighted by molar-refractivity contribution is -0.133. The second-order valence-electron chi connectivity index (χ2n) is 5.19. The molecule has 4 nitrogen and oxygen atoms in total. The van der Waals surface area contributed by atoms with Crippen LogP contribution in [0.1, 0.15) is 33.1 Å². The number of hydrogen-bond donors (Lipinski definition) is 1. The highest BCUT2D eigenvalue weighted by Crippen LogP contribution is 2.28. The van der Waals surface area contributed by atoms with Crippen LogP contribution in [-0.2, 0) is 9.53 Å². The average Bonchev–Trinajstić information content (AvgIpc) is 3.15. The van der Waals surface area contributed by atoms with Crippen molar-refractivity contribution in [2.45, 2.75) is 39.2 Å². The average molecular weight is 242 g/mol. The molecule has 0 aliphatic heterocycles. The van der Waals surface area contributed by atoms with Gasteiger partial charge in [0.25, 0.3) is 0 Å². The minimum atomic E-state index is -0.381. The summed E-state index contributed by atoms with van der Waals surface area (Å²) in [6.07, 6.45) is 3.53. The summed E-state index contributed by atoms with van der Waals surface area (Å²) in [7, 11) is 1.80. The van der Waals surface area contributed by atoms with Gasteiger partial charge in [-0.3, -0.25) is 4.79 Å². The molecule has 0 bridgehead atoms. The molecule has 0 spiro atoms. The lowest BCUT2D eigenvalue weighted by Crippen LogP contribution is -2.46. The number of nitrogens with two attached hydrogens (primary N) is 1. The molecule has 1 amide bonds. The van der Waals surface area contributed by atoms with Crippen molar-refractivity contribution in [3.05, 3.63) is 0 Å². The van der Waals surface area contributed by atoms with E-state index >= 15 is 0 Å². The standard InChI is InChI=1S/C13H26N2O2/c1-4-10(2)12(14)13(16)15(3)7-8-17-9-11-5-6-11/h10-12H,4-9,14H2,1-3H3. The lowest BCUT2D eigenvalue weighted by atomic mass is 9.99. The first kappa shape index (κ1) is 14.5. The second kappa shape index (κ2) is 6.97. The van der Waals surface area contributed by atoms with Crippen LogP contribution < -0.4 is 5.73 Å². The third-order valence-corrected chi connectivity index (χ3v) is 3.54. The smallest absolute Gasteiger partial charge is 0.239 e. The van der Waals surface area contributed by atoms with Crippen molar-refractivity contribution < 1.29 is 9.53 Å². The van der Waals surface area contributed by atoms with Crippen molar-refractivity contribution >= 4 is 5.91 Å². The Balaban J connectivity index is 2.15. The van der Waals surface area contributed by atoms with Crippen LogP contribution in [0.3, 0.4) is 0 Å². The molecule has 1 fully saturated rings. The van der Waals surface area contributed by atoms with E-state index in [0.29, 0.717) is 13.2 Å². The predicted molar refractivity (Wildman–Crippen MR) is 68.6 cm³/mol. The van der Waals surface area contributed by atoms with Crippen molar-refractivity contribution in [3.8, 4) is 0 Å². The molecule has 1 aliphatic carbocycles. The minimum Gasteiger partial charge on any atom is -0.379 e. The van der Waals surface area contributed by atoms with Gasteiger partial charge in [-0.05, 0) is 24.7 Å². The van der Waals surface area contributed by atoms with E-state index < -0.39 is 0 Å². The molecular weight excluding hydrogens is 216 g/mol. The number of carbonyl (C=O) groups is 1. The Hall–Kier alpha value is -0.610. The van der Waals surface area contributed by atoms with Gasteiger partial charge in [-0.15, -0.1) is 0 Å². The van der Waals surface area contributed by atoms with Crippen molar-refractivity contribution in [2.24, 2.45) is 17.6 Å². The van der Waals surface area contributed by atoms with Gasteiger partial charge in [-0.1, -0.05) is 20.3 Å². The van der Waals surface area contributed by atoms with E-state index in [1.54, 1.807) is 11.9 Å². The third kappa shape index (κ3) is 5.04. The molecule has 0 radical (unpaired) electrons. The summed E-state index contributed by atoms with van der Waals surface area (Å²) in [4.78, 5) is 13.6. The van der Waals surface area contributed by atoms with E-state index in [-0.39, 0.29) is 17.9 Å². The molecule has 0 aromatic carbocycles. The molecule has 2 atom stereocenters. The van der Waals surface area contributed by atoms with Gasteiger partial charge in [-0.2, -0.15) is 0 Å². The maximum Gasteiger partial charge on any atom is 0.239 e. The summed E-state index contributed by atoms with van der Waals surface area (Å²) in [5.41, 5.74) is 5.90. The molecule has 2 unspecified atom stereocenters. The number of rotatable bonds is 8. The molecule has 1 rings (SSSR count). The fraction of sp³-hybridized carbons (Fsp3) is 0.923. The Bertz CT molecular complexity index is 242. The topological polar surface area (TPSA) is 55.6 Å². The maximum absolute atomic E-state index is 11.9. The van der Waals surface area contributed by atoms with Gasteiger partial charge in [0, 0.05) is 20.2 Å². The zero-order chi connectivity index (χ0) is 12.8. The molecule has 2 N–H and O–H groups in total. The predicted octanol–water partition coefficient (Wildman–Crippen LogP) is 1.24. The van der Waals surface area contributed by atoms with E-state index in [1.807, 2.05) is 6.92 Å². The fourth-order valence-corrected chi connectivity index (χ4v) is 1.60. The zero-order valence-corrected chi connectivity index (χ0v) is 11.3. The summed E-state index contributed by atoms with van der Waals surface area (Å²) in [5.74, 6) is 1.03. The van der Waals surface area contributed by atoms with Gasteiger partial charge in [0.15, 0.2) is 0 Å². The van der Waals surface area contributed by atoms with Crippen LogP contribution in [0.25, 0.3) is 0 Å². The third-order valence-electron chi connectivity index (χ3n) is 3.54. The highest BCUT2D eigenvalue weighted by atomic mass is 16.5. The van der Waals surface area contributed by atoms with Crippen LogP contribution in [0.2, 0.25) is 0 Å². The van der Waals surface area contributed by atoms with Crippen LogP contribution in [-0.4, -0.2) is 43.7 Å². The van der Waals surface area contributed by atoms with E-state index in [4.69, 9.17) is 10.5 Å². The molecule has 17 heavy (non-hydrogen) atoms. The number of likely N-dealkylation sites (N-methyl/N-ethyl adjacent to an activating group) is 1. The van der Waals surface area contributed by atoms with Crippen LogP contribution in [0.5, 0.6) is 0 Å². The Labute approximate surface area is 104 Å². The summed E-state index contributed by atoms with van der Waals surface area (Å²) in [5, 5.41) is 0. The maximum atomic E-state index is 11.9. The van der Waals surface area contributed by atoms with Crippen LogP contribution in [0.4, 0.5) is 0 Å². The molecule has 1 saturated carbocycles. The Morgan fingerprint density at radius 1 is 1.53 bits per heavy atom. The van der Waals surface area contributed by atoms with Gasteiger partial charge in [0.05, 0.1) is 12.6 Å². The molecule has 1 aliphatic rings. The fourth-order valence-electron chi connectivity index (χ4n) is 1.60. The molecular formula is C13H26N2O2. The molecule has 0 saturated heterocycles. The van der Waals surface area contributed by atoms with Crippen molar-refractivity contribution in [2.75, 3.05) is 26.8 Å². The zero-order valence-electron chi connectivity index (χ0n) is 11.3. The molecule has 0 heterocycles. The van der Waals surface area contributed by atoms with E-state index in [0.717, 1.165) is 18.9 Å². The van der Waals surface area contributed by atoms with Gasteiger partial charge < -0.3 is 15.4 Å². The van der Waals surface area contributed by atoms with E-state index in [9.17, 15) is 4.79 Å². The molecule has 4 heteroatoms. The number of nitrogens with zero attached hydrogens (tertiary/aromatic N) is 1. The largest absolute Gasteiger partial charge is 0.379 e. The van der Waals surface area contributed by atoms with Crippen LogP contribution >= 0.6 is 0 Å². The van der Waals surface area contributed by atoms with Crippen molar-refractivity contribution in [1.29, 1.82) is 0 Å². The van der Waals surface area contributed by atoms with E-state index in [2.05, 4.69) is 6.92 Å². The SMILES string of the molecule is CCC(C)C(N)C(=O)N(C)CCOCC1CC1. The Kier molecular flexibility index (Phi) is 5.92. The first-order chi connectivity index (χ1) is 8.06. The number of hydrogen-bond acceptors (Lipinski definition) is 3. The van der Waals surface area contributed by atoms with Crippen LogP contribution in [0, 0.1) is 11.8 Å². The highest BCUT2D eigenvalue weighted by Gasteiger charge is 2.23. The van der Waals surface area contributed by atoms with E-state index in [1.165, 1.54) is 12.8 Å². The first-order valence-corrected chi connectivity index (χ1v) is 6.64. The van der Waals surface area contributed by atoms with Gasteiger partial charge >= 0.3 is 0 Å². The summed E-state index contributed by atoms with van der Waals surface area (Å²) >= 11 is 0. The van der Waals surface area contributed by atoms with Gasteiger partial charge in [-0.25, -0.2) is 0 Å². The Morgan fingerprint density at radius 2 is 2.18 bits per heavy atom.